The number of fused-ring (bicyclic) bond motifs is 3. The lowest BCUT2D eigenvalue weighted by atomic mass is 10.1. The molecule has 4 rings (SSSR count). The zero-order chi connectivity index (χ0) is 21.4. The molecule has 0 bridgehead atoms. The fraction of sp³-hybridized carbons (Fsp3) is 0.261. The number of nitrogens with zero attached hydrogens (tertiary/aromatic N) is 3. The molecular formula is C23H23ClN4OS. The molecule has 2 aromatic heterocycles. The van der Waals surface area contributed by atoms with E-state index in [0.717, 1.165) is 38.9 Å². The van der Waals surface area contributed by atoms with E-state index in [1.165, 1.54) is 11.8 Å². The summed E-state index contributed by atoms with van der Waals surface area (Å²) < 4.78 is 2.06. The number of amides is 1. The number of carbonyl (C=O) groups is 1. The van der Waals surface area contributed by atoms with Crippen molar-refractivity contribution in [2.45, 2.75) is 44.5 Å². The first-order chi connectivity index (χ1) is 14.4. The van der Waals surface area contributed by atoms with Gasteiger partial charge in [-0.25, -0.2) is 0 Å². The number of hydrogen-bond donors (Lipinski definition) is 1. The molecule has 1 N–H and O–H groups in total. The van der Waals surface area contributed by atoms with Crippen LogP contribution in [0.2, 0.25) is 5.02 Å². The first-order valence-corrected chi connectivity index (χ1v) is 11.1. The Hall–Kier alpha value is -2.57. The van der Waals surface area contributed by atoms with Gasteiger partial charge in [0.15, 0.2) is 10.8 Å². The Bertz CT molecular complexity index is 1270. The minimum atomic E-state index is -0.309. The highest BCUT2D eigenvalue weighted by molar-refractivity contribution is 8.00. The second-order valence-corrected chi connectivity index (χ2v) is 9.04. The molecule has 4 aromatic rings. The Labute approximate surface area is 184 Å². The SMILES string of the molecule is CCC(Sc1nnc2cc(C)c3cccc(C)c3n12)C(=O)Nc1cc(Cl)ccc1C. The maximum absolute atomic E-state index is 13.0. The topological polar surface area (TPSA) is 59.3 Å². The van der Waals surface area contributed by atoms with Crippen LogP contribution in [0.3, 0.4) is 0 Å². The molecule has 0 aliphatic rings. The Morgan fingerprint density at radius 1 is 1.10 bits per heavy atom. The summed E-state index contributed by atoms with van der Waals surface area (Å²) in [7, 11) is 0. The van der Waals surface area contributed by atoms with Crippen LogP contribution in [0, 0.1) is 20.8 Å². The second-order valence-electron chi connectivity index (χ2n) is 7.44. The summed E-state index contributed by atoms with van der Waals surface area (Å²) in [5.41, 5.74) is 5.88. The molecule has 1 unspecified atom stereocenters. The van der Waals surface area contributed by atoms with Crippen molar-refractivity contribution in [1.29, 1.82) is 0 Å². The number of pyridine rings is 1. The van der Waals surface area contributed by atoms with E-state index in [2.05, 4.69) is 52.0 Å². The van der Waals surface area contributed by atoms with E-state index in [4.69, 9.17) is 11.6 Å². The first-order valence-electron chi connectivity index (χ1n) is 9.86. The third kappa shape index (κ3) is 3.77. The molecule has 1 atom stereocenters. The van der Waals surface area contributed by atoms with Gasteiger partial charge in [0.1, 0.15) is 0 Å². The van der Waals surface area contributed by atoms with E-state index in [0.29, 0.717) is 16.6 Å². The van der Waals surface area contributed by atoms with E-state index >= 15 is 0 Å². The molecule has 2 aromatic carbocycles. The summed E-state index contributed by atoms with van der Waals surface area (Å²) >= 11 is 7.54. The number of carbonyl (C=O) groups excluding carboxylic acids is 1. The molecule has 0 saturated carbocycles. The number of halogens is 1. The van der Waals surface area contributed by atoms with Gasteiger partial charge in [0.2, 0.25) is 5.91 Å². The number of aromatic nitrogens is 3. The highest BCUT2D eigenvalue weighted by Gasteiger charge is 2.23. The number of aryl methyl sites for hydroxylation is 3. The zero-order valence-corrected chi connectivity index (χ0v) is 18.9. The van der Waals surface area contributed by atoms with Crippen molar-refractivity contribution in [3.05, 3.63) is 64.2 Å². The molecule has 0 radical (unpaired) electrons. The largest absolute Gasteiger partial charge is 0.325 e. The molecule has 2 heterocycles. The molecule has 7 heteroatoms. The van der Waals surface area contributed by atoms with Gasteiger partial charge in [-0.1, -0.05) is 54.6 Å². The Morgan fingerprint density at radius 3 is 2.67 bits per heavy atom. The van der Waals surface area contributed by atoms with Gasteiger partial charge in [-0.05, 0) is 62.1 Å². The highest BCUT2D eigenvalue weighted by Crippen LogP contribution is 2.31. The van der Waals surface area contributed by atoms with Crippen molar-refractivity contribution in [2.24, 2.45) is 0 Å². The molecule has 0 aliphatic carbocycles. The summed E-state index contributed by atoms with van der Waals surface area (Å²) in [5.74, 6) is -0.0715. The number of benzene rings is 2. The van der Waals surface area contributed by atoms with E-state index in [1.807, 2.05) is 32.0 Å². The number of rotatable bonds is 5. The summed E-state index contributed by atoms with van der Waals surface area (Å²) in [5, 5.41) is 14.0. The van der Waals surface area contributed by atoms with Crippen LogP contribution in [0.5, 0.6) is 0 Å². The molecule has 30 heavy (non-hydrogen) atoms. The van der Waals surface area contributed by atoms with Gasteiger partial charge in [-0.2, -0.15) is 0 Å². The number of para-hydroxylation sites is 1. The van der Waals surface area contributed by atoms with Gasteiger partial charge in [-0.15, -0.1) is 10.2 Å². The van der Waals surface area contributed by atoms with Crippen molar-refractivity contribution in [3.8, 4) is 0 Å². The Morgan fingerprint density at radius 2 is 1.90 bits per heavy atom. The fourth-order valence-electron chi connectivity index (χ4n) is 3.60. The van der Waals surface area contributed by atoms with Crippen molar-refractivity contribution in [2.75, 3.05) is 5.32 Å². The van der Waals surface area contributed by atoms with Crippen LogP contribution in [0.25, 0.3) is 16.6 Å². The van der Waals surface area contributed by atoms with Gasteiger partial charge in [0.25, 0.3) is 0 Å². The molecule has 0 fully saturated rings. The van der Waals surface area contributed by atoms with Gasteiger partial charge >= 0.3 is 0 Å². The standard InChI is InChI=1S/C23H23ClN4OS/c1-5-19(22(29)25-18-12-16(24)10-9-13(18)2)30-23-27-26-20-11-15(4)17-8-6-7-14(3)21(17)28(20)23/h6-12,19H,5H2,1-4H3,(H,25,29). The van der Waals surface area contributed by atoms with Gasteiger partial charge in [-0.3, -0.25) is 9.20 Å². The van der Waals surface area contributed by atoms with Crippen LogP contribution in [-0.2, 0) is 4.79 Å². The quantitative estimate of drug-likeness (QED) is 0.390. The van der Waals surface area contributed by atoms with Gasteiger partial charge < -0.3 is 5.32 Å². The lowest BCUT2D eigenvalue weighted by Gasteiger charge is -2.16. The van der Waals surface area contributed by atoms with E-state index in [-0.39, 0.29) is 11.2 Å². The summed E-state index contributed by atoms with van der Waals surface area (Å²) in [6, 6.07) is 13.8. The average molecular weight is 439 g/mol. The summed E-state index contributed by atoms with van der Waals surface area (Å²) in [6.45, 7) is 8.11. The Balaban J connectivity index is 1.70. The van der Waals surface area contributed by atoms with E-state index in [9.17, 15) is 4.79 Å². The smallest absolute Gasteiger partial charge is 0.237 e. The normalized spacial score (nSPS) is 12.4. The van der Waals surface area contributed by atoms with Crippen molar-refractivity contribution in [3.63, 3.8) is 0 Å². The third-order valence-corrected chi connectivity index (χ3v) is 6.80. The maximum atomic E-state index is 13.0. The van der Waals surface area contributed by atoms with Crippen LogP contribution in [0.1, 0.15) is 30.0 Å². The highest BCUT2D eigenvalue weighted by atomic mass is 35.5. The predicted octanol–water partition coefficient (Wildman–Crippen LogP) is 5.97. The monoisotopic (exact) mass is 438 g/mol. The van der Waals surface area contributed by atoms with E-state index in [1.54, 1.807) is 6.07 Å². The van der Waals surface area contributed by atoms with Crippen molar-refractivity contribution < 1.29 is 4.79 Å². The fourth-order valence-corrected chi connectivity index (χ4v) is 4.74. The lowest BCUT2D eigenvalue weighted by Crippen LogP contribution is -2.25. The van der Waals surface area contributed by atoms with Crippen molar-refractivity contribution >= 4 is 51.5 Å². The lowest BCUT2D eigenvalue weighted by molar-refractivity contribution is -0.115. The predicted molar refractivity (Wildman–Crippen MR) is 125 cm³/mol. The van der Waals surface area contributed by atoms with Crippen LogP contribution >= 0.6 is 23.4 Å². The number of hydrogen-bond acceptors (Lipinski definition) is 4. The summed E-state index contributed by atoms with van der Waals surface area (Å²) in [4.78, 5) is 13.0. The Kier molecular flexibility index (Phi) is 5.71. The first kappa shape index (κ1) is 20.7. The van der Waals surface area contributed by atoms with Gasteiger partial charge in [0, 0.05) is 16.1 Å². The third-order valence-electron chi connectivity index (χ3n) is 5.26. The molecule has 154 valence electrons. The van der Waals surface area contributed by atoms with E-state index < -0.39 is 0 Å². The van der Waals surface area contributed by atoms with Crippen LogP contribution < -0.4 is 5.32 Å². The molecule has 5 nitrogen and oxygen atoms in total. The van der Waals surface area contributed by atoms with Crippen molar-refractivity contribution in [1.82, 2.24) is 14.6 Å². The van der Waals surface area contributed by atoms with Crippen LogP contribution in [0.15, 0.2) is 47.6 Å². The molecule has 1 amide bonds. The minimum Gasteiger partial charge on any atom is -0.325 e. The molecule has 0 spiro atoms. The number of thioether (sulfide) groups is 1. The number of anilines is 1. The number of nitrogens with one attached hydrogen (secondary N) is 1. The molecule has 0 saturated heterocycles. The van der Waals surface area contributed by atoms with Gasteiger partial charge in [0.05, 0.1) is 10.8 Å². The summed E-state index contributed by atoms with van der Waals surface area (Å²) in [6.07, 6.45) is 0.661. The van der Waals surface area contributed by atoms with Crippen LogP contribution in [-0.4, -0.2) is 25.8 Å². The average Bonchev–Trinajstić information content (AvgIpc) is 3.11. The maximum Gasteiger partial charge on any atom is 0.237 e. The molecule has 0 aliphatic heterocycles. The second kappa shape index (κ2) is 8.28. The van der Waals surface area contributed by atoms with Crippen LogP contribution in [0.4, 0.5) is 5.69 Å². The minimum absolute atomic E-state index is 0.0715. The zero-order valence-electron chi connectivity index (χ0n) is 17.4. The molecular weight excluding hydrogens is 416 g/mol.